The van der Waals surface area contributed by atoms with Crippen molar-refractivity contribution in [3.05, 3.63) is 65.4 Å². The zero-order chi connectivity index (χ0) is 23.3. The zero-order valence-electron chi connectivity index (χ0n) is 18.4. The van der Waals surface area contributed by atoms with Crippen LogP contribution in [0.1, 0.15) is 23.7 Å². The average Bonchev–Trinajstić information content (AvgIpc) is 3.02. The molecule has 0 saturated carbocycles. The molecule has 2 N–H and O–H groups in total. The van der Waals surface area contributed by atoms with Gasteiger partial charge in [0.25, 0.3) is 0 Å². The van der Waals surface area contributed by atoms with E-state index in [0.717, 1.165) is 27.6 Å². The number of ether oxygens (including phenoxy) is 1. The molecule has 32 heavy (non-hydrogen) atoms. The normalized spacial score (nSPS) is 10.3. The SMILES string of the molecule is COc1ccc(-n2c(C)c(C)c(C#N)c2NC(=O)CSc2ccc(NC(C)=O)cc2)cc1. The van der Waals surface area contributed by atoms with Crippen LogP contribution in [-0.2, 0) is 9.59 Å². The van der Waals surface area contributed by atoms with E-state index in [1.807, 2.05) is 54.8 Å². The van der Waals surface area contributed by atoms with Crippen molar-refractivity contribution in [2.75, 3.05) is 23.5 Å². The summed E-state index contributed by atoms with van der Waals surface area (Å²) in [7, 11) is 1.60. The average molecular weight is 449 g/mol. The minimum atomic E-state index is -0.218. The number of hydrogen-bond acceptors (Lipinski definition) is 5. The van der Waals surface area contributed by atoms with Gasteiger partial charge >= 0.3 is 0 Å². The molecule has 3 rings (SSSR count). The molecule has 0 atom stereocenters. The van der Waals surface area contributed by atoms with E-state index in [4.69, 9.17) is 4.74 Å². The maximum Gasteiger partial charge on any atom is 0.235 e. The van der Waals surface area contributed by atoms with Crippen molar-refractivity contribution in [2.24, 2.45) is 0 Å². The summed E-state index contributed by atoms with van der Waals surface area (Å²) in [6.45, 7) is 5.24. The van der Waals surface area contributed by atoms with Crippen LogP contribution in [0.5, 0.6) is 5.75 Å². The standard InChI is InChI=1S/C24H24N4O3S/c1-15-16(2)28(19-7-9-20(31-4)10-8-19)24(22(15)13-25)27-23(30)14-32-21-11-5-18(6-12-21)26-17(3)29/h5-12H,14H2,1-4H3,(H,26,29)(H,27,30). The van der Waals surface area contributed by atoms with Crippen molar-refractivity contribution in [1.29, 1.82) is 5.26 Å². The van der Waals surface area contributed by atoms with Crippen LogP contribution in [0.3, 0.4) is 0 Å². The summed E-state index contributed by atoms with van der Waals surface area (Å²) < 4.78 is 7.10. The second-order valence-corrected chi connectivity index (χ2v) is 8.17. The van der Waals surface area contributed by atoms with E-state index in [-0.39, 0.29) is 17.6 Å². The van der Waals surface area contributed by atoms with Gasteiger partial charge in [-0.3, -0.25) is 14.2 Å². The van der Waals surface area contributed by atoms with Crippen LogP contribution in [0.15, 0.2) is 53.4 Å². The molecule has 164 valence electrons. The van der Waals surface area contributed by atoms with Crippen LogP contribution < -0.4 is 15.4 Å². The van der Waals surface area contributed by atoms with E-state index < -0.39 is 0 Å². The van der Waals surface area contributed by atoms with Crippen molar-refractivity contribution in [2.45, 2.75) is 25.7 Å². The number of nitriles is 1. The molecule has 8 heteroatoms. The molecule has 0 saturated heterocycles. The van der Waals surface area contributed by atoms with E-state index in [0.29, 0.717) is 17.1 Å². The van der Waals surface area contributed by atoms with E-state index in [9.17, 15) is 14.9 Å². The van der Waals surface area contributed by atoms with Crippen LogP contribution in [-0.4, -0.2) is 29.2 Å². The highest BCUT2D eigenvalue weighted by Gasteiger charge is 2.20. The summed E-state index contributed by atoms with van der Waals surface area (Å²) in [4.78, 5) is 24.8. The minimum absolute atomic E-state index is 0.136. The van der Waals surface area contributed by atoms with Crippen LogP contribution in [0, 0.1) is 25.2 Å². The molecule has 0 spiro atoms. The molecule has 0 unspecified atom stereocenters. The fourth-order valence-electron chi connectivity index (χ4n) is 3.27. The summed E-state index contributed by atoms with van der Waals surface area (Å²) in [5, 5.41) is 15.3. The quantitative estimate of drug-likeness (QED) is 0.512. The van der Waals surface area contributed by atoms with Gasteiger partial charge in [0.15, 0.2) is 0 Å². The van der Waals surface area contributed by atoms with Gasteiger partial charge in [0.1, 0.15) is 17.6 Å². The second kappa shape index (κ2) is 10.1. The lowest BCUT2D eigenvalue weighted by molar-refractivity contribution is -0.114. The highest BCUT2D eigenvalue weighted by molar-refractivity contribution is 8.00. The molecule has 3 aromatic rings. The number of carbonyl (C=O) groups excluding carboxylic acids is 2. The first kappa shape index (κ1) is 23.0. The molecule has 1 heterocycles. The lowest BCUT2D eigenvalue weighted by atomic mass is 10.2. The van der Waals surface area contributed by atoms with Crippen molar-refractivity contribution < 1.29 is 14.3 Å². The maximum atomic E-state index is 12.7. The molecule has 0 aliphatic rings. The summed E-state index contributed by atoms with van der Waals surface area (Å²) in [5.41, 5.74) is 3.66. The number of nitrogens with zero attached hydrogens (tertiary/aromatic N) is 2. The third kappa shape index (κ3) is 5.13. The third-order valence-electron chi connectivity index (χ3n) is 4.96. The highest BCUT2D eigenvalue weighted by Crippen LogP contribution is 2.31. The van der Waals surface area contributed by atoms with Crippen molar-refractivity contribution in [1.82, 2.24) is 4.57 Å². The Morgan fingerprint density at radius 1 is 1.06 bits per heavy atom. The molecule has 0 bridgehead atoms. The number of hydrogen-bond donors (Lipinski definition) is 2. The molecular weight excluding hydrogens is 424 g/mol. The number of amides is 2. The maximum absolute atomic E-state index is 12.7. The Morgan fingerprint density at radius 3 is 2.28 bits per heavy atom. The number of nitrogens with one attached hydrogen (secondary N) is 2. The molecule has 0 aliphatic carbocycles. The number of benzene rings is 2. The summed E-state index contributed by atoms with van der Waals surface area (Å²) >= 11 is 1.37. The Balaban J connectivity index is 1.78. The predicted octanol–water partition coefficient (Wildman–Crippen LogP) is 4.66. The van der Waals surface area contributed by atoms with Gasteiger partial charge in [0.2, 0.25) is 11.8 Å². The van der Waals surface area contributed by atoms with Crippen LogP contribution in [0.4, 0.5) is 11.5 Å². The van der Waals surface area contributed by atoms with Gasteiger partial charge in [-0.15, -0.1) is 11.8 Å². The van der Waals surface area contributed by atoms with E-state index >= 15 is 0 Å². The molecule has 2 aromatic carbocycles. The number of carbonyl (C=O) groups is 2. The Bertz CT molecular complexity index is 1180. The van der Waals surface area contributed by atoms with Gasteiger partial charge < -0.3 is 15.4 Å². The first-order valence-corrected chi connectivity index (χ1v) is 10.9. The number of anilines is 2. The fourth-order valence-corrected chi connectivity index (χ4v) is 3.97. The second-order valence-electron chi connectivity index (χ2n) is 7.12. The van der Waals surface area contributed by atoms with E-state index in [1.165, 1.54) is 18.7 Å². The summed E-state index contributed by atoms with van der Waals surface area (Å²) in [6, 6.07) is 16.9. The van der Waals surface area contributed by atoms with Crippen molar-refractivity contribution >= 4 is 35.1 Å². The monoisotopic (exact) mass is 448 g/mol. The molecule has 0 aliphatic heterocycles. The molecule has 1 aromatic heterocycles. The van der Waals surface area contributed by atoms with E-state index in [2.05, 4.69) is 16.7 Å². The van der Waals surface area contributed by atoms with Gasteiger partial charge in [-0.2, -0.15) is 5.26 Å². The van der Waals surface area contributed by atoms with Gasteiger partial charge in [0, 0.05) is 28.9 Å². The smallest absolute Gasteiger partial charge is 0.235 e. The minimum Gasteiger partial charge on any atom is -0.497 e. The van der Waals surface area contributed by atoms with Crippen LogP contribution >= 0.6 is 11.8 Å². The molecule has 7 nitrogen and oxygen atoms in total. The lowest BCUT2D eigenvalue weighted by Crippen LogP contribution is -2.17. The number of thioether (sulfide) groups is 1. The van der Waals surface area contributed by atoms with Crippen LogP contribution in [0.25, 0.3) is 5.69 Å². The number of methoxy groups -OCH3 is 1. The summed E-state index contributed by atoms with van der Waals surface area (Å²) in [6.07, 6.45) is 0. The van der Waals surface area contributed by atoms with Gasteiger partial charge in [-0.1, -0.05) is 0 Å². The first-order chi connectivity index (χ1) is 15.3. The van der Waals surface area contributed by atoms with E-state index in [1.54, 1.807) is 19.2 Å². The molecule has 0 fully saturated rings. The summed E-state index contributed by atoms with van der Waals surface area (Å²) in [5.74, 6) is 1.01. The zero-order valence-corrected chi connectivity index (χ0v) is 19.2. The van der Waals surface area contributed by atoms with Crippen LogP contribution in [0.2, 0.25) is 0 Å². The van der Waals surface area contributed by atoms with Crippen molar-refractivity contribution in [3.8, 4) is 17.5 Å². The predicted molar refractivity (Wildman–Crippen MR) is 127 cm³/mol. The molecular formula is C24H24N4O3S. The number of rotatable bonds is 7. The lowest BCUT2D eigenvalue weighted by Gasteiger charge is -2.14. The third-order valence-corrected chi connectivity index (χ3v) is 5.97. The number of aromatic nitrogens is 1. The Morgan fingerprint density at radius 2 is 1.72 bits per heavy atom. The highest BCUT2D eigenvalue weighted by atomic mass is 32.2. The van der Waals surface area contributed by atoms with Crippen molar-refractivity contribution in [3.63, 3.8) is 0 Å². The topological polar surface area (TPSA) is 96.2 Å². The fraction of sp³-hybridized carbons (Fsp3) is 0.208. The Kier molecular flexibility index (Phi) is 7.23. The van der Waals surface area contributed by atoms with Gasteiger partial charge in [0.05, 0.1) is 18.4 Å². The largest absolute Gasteiger partial charge is 0.497 e. The molecule has 2 amide bonds. The first-order valence-electron chi connectivity index (χ1n) is 9.90. The Hall–Kier alpha value is -3.70. The van der Waals surface area contributed by atoms with Gasteiger partial charge in [-0.05, 0) is 67.9 Å². The van der Waals surface area contributed by atoms with Gasteiger partial charge in [-0.25, -0.2) is 0 Å². The Labute approximate surface area is 191 Å². The molecule has 0 radical (unpaired) electrons.